The second-order valence-corrected chi connectivity index (χ2v) is 12.2. The summed E-state index contributed by atoms with van der Waals surface area (Å²) in [5.41, 5.74) is 3.23. The molecule has 0 amide bonds. The third-order valence-electron chi connectivity index (χ3n) is 8.39. The van der Waals surface area contributed by atoms with Crippen LogP contribution in [-0.4, -0.2) is 24.3 Å². The highest BCUT2D eigenvalue weighted by Gasteiger charge is 2.36. The van der Waals surface area contributed by atoms with Crippen molar-refractivity contribution in [3.8, 4) is 11.5 Å². The summed E-state index contributed by atoms with van der Waals surface area (Å²) in [5, 5.41) is 4.19. The molecule has 0 bridgehead atoms. The van der Waals surface area contributed by atoms with E-state index in [1.54, 1.807) is 25.5 Å². The van der Waals surface area contributed by atoms with Crippen LogP contribution in [0.4, 0.5) is 0 Å². The zero-order valence-electron chi connectivity index (χ0n) is 26.2. The number of allylic oxidation sites excluding steroid dienone is 1. The fourth-order valence-electron chi connectivity index (χ4n) is 6.19. The Morgan fingerprint density at radius 3 is 2.34 bits per heavy atom. The van der Waals surface area contributed by atoms with Gasteiger partial charge in [0.2, 0.25) is 0 Å². The van der Waals surface area contributed by atoms with Gasteiger partial charge in [-0.3, -0.25) is 9.36 Å². The second-order valence-electron chi connectivity index (χ2n) is 11.2. The Balaban J connectivity index is 1.28. The molecule has 0 fully saturated rings. The van der Waals surface area contributed by atoms with Crippen LogP contribution in [0.5, 0.6) is 11.5 Å². The van der Waals surface area contributed by atoms with Crippen LogP contribution in [0.1, 0.15) is 36.6 Å². The number of esters is 1. The van der Waals surface area contributed by atoms with Crippen molar-refractivity contribution in [2.75, 3.05) is 13.7 Å². The Labute approximate surface area is 275 Å². The van der Waals surface area contributed by atoms with E-state index in [2.05, 4.69) is 24.3 Å². The molecule has 2 heterocycles. The van der Waals surface area contributed by atoms with E-state index < -0.39 is 12.0 Å². The smallest absolute Gasteiger partial charge is 0.338 e. The van der Waals surface area contributed by atoms with E-state index in [-0.39, 0.29) is 12.2 Å². The van der Waals surface area contributed by atoms with Crippen molar-refractivity contribution < 1.29 is 19.0 Å². The summed E-state index contributed by atoms with van der Waals surface area (Å²) in [5.74, 6) is 0.787. The summed E-state index contributed by atoms with van der Waals surface area (Å²) in [7, 11) is 1.59. The van der Waals surface area contributed by atoms with Gasteiger partial charge in [-0.1, -0.05) is 96.3 Å². The molecule has 0 unspecified atom stereocenters. The lowest BCUT2D eigenvalue weighted by Crippen LogP contribution is -2.40. The Morgan fingerprint density at radius 2 is 1.60 bits per heavy atom. The number of hydrogen-bond acceptors (Lipinski definition) is 7. The highest BCUT2D eigenvalue weighted by Crippen LogP contribution is 2.40. The first-order chi connectivity index (χ1) is 23.0. The van der Waals surface area contributed by atoms with Gasteiger partial charge in [-0.2, -0.15) is 0 Å². The van der Waals surface area contributed by atoms with Gasteiger partial charge in [-0.05, 0) is 70.8 Å². The van der Waals surface area contributed by atoms with Gasteiger partial charge in [0.05, 0.1) is 29.5 Å². The van der Waals surface area contributed by atoms with Crippen LogP contribution >= 0.6 is 11.3 Å². The Kier molecular flexibility index (Phi) is 8.18. The number of ether oxygens (including phenoxy) is 3. The first-order valence-electron chi connectivity index (χ1n) is 15.4. The molecule has 5 aromatic carbocycles. The number of fused-ring (bicyclic) bond motifs is 3. The van der Waals surface area contributed by atoms with Crippen LogP contribution in [0.2, 0.25) is 0 Å². The average Bonchev–Trinajstić information content (AvgIpc) is 3.40. The second kappa shape index (κ2) is 12.7. The summed E-state index contributed by atoms with van der Waals surface area (Å²) in [4.78, 5) is 33.0. The van der Waals surface area contributed by atoms with Crippen LogP contribution in [0, 0.1) is 0 Å². The van der Waals surface area contributed by atoms with Gasteiger partial charge in [0.15, 0.2) is 4.80 Å². The maximum absolute atomic E-state index is 14.2. The summed E-state index contributed by atoms with van der Waals surface area (Å²) >= 11 is 1.29. The molecule has 8 heteroatoms. The largest absolute Gasteiger partial charge is 0.496 e. The molecule has 0 N–H and O–H groups in total. The molecule has 1 aromatic heterocycles. The number of rotatable bonds is 8. The summed E-state index contributed by atoms with van der Waals surface area (Å²) in [6.45, 7) is 4.18. The van der Waals surface area contributed by atoms with Gasteiger partial charge >= 0.3 is 5.97 Å². The third kappa shape index (κ3) is 5.61. The van der Waals surface area contributed by atoms with Crippen molar-refractivity contribution in [1.29, 1.82) is 0 Å². The SMILES string of the molecule is CCOC(=O)C1=C(C)N=c2s/c(=C/c3ccc(OCc4cccc5ccccc45)cc3)c(=O)n2[C@@H]1c1c(OC)ccc2ccccc12. The van der Waals surface area contributed by atoms with Crippen molar-refractivity contribution in [3.05, 3.63) is 151 Å². The number of aromatic nitrogens is 1. The van der Waals surface area contributed by atoms with Crippen molar-refractivity contribution in [1.82, 2.24) is 4.57 Å². The van der Waals surface area contributed by atoms with E-state index in [1.165, 1.54) is 22.1 Å². The van der Waals surface area contributed by atoms with E-state index in [1.807, 2.05) is 84.9 Å². The number of carbonyl (C=O) groups excluding carboxylic acids is 1. The number of nitrogens with zero attached hydrogens (tertiary/aromatic N) is 2. The first-order valence-corrected chi connectivity index (χ1v) is 16.2. The standard InChI is InChI=1S/C39H32N2O5S/c1-4-45-38(43)34-24(2)40-39-41(36(34)35-31-15-8-6-11-27(31)18-21-32(35)44-3)37(42)33(47-39)22-25-16-19-29(20-17-25)46-23-28-13-9-12-26-10-5-7-14-30(26)28/h5-22,36H,4,23H2,1-3H3/b33-22+/t36-/m0/s1. The molecule has 0 spiro atoms. The minimum atomic E-state index is -0.793. The highest BCUT2D eigenvalue weighted by molar-refractivity contribution is 7.07. The molecule has 1 aliphatic heterocycles. The van der Waals surface area contributed by atoms with Crippen molar-refractivity contribution >= 4 is 44.9 Å². The van der Waals surface area contributed by atoms with E-state index in [0.717, 1.165) is 27.6 Å². The lowest BCUT2D eigenvalue weighted by molar-refractivity contribution is -0.139. The zero-order valence-corrected chi connectivity index (χ0v) is 27.0. The normalized spacial score (nSPS) is 14.6. The van der Waals surface area contributed by atoms with Crippen molar-refractivity contribution in [3.63, 3.8) is 0 Å². The lowest BCUT2D eigenvalue weighted by Gasteiger charge is -2.27. The molecule has 1 atom stereocenters. The molecule has 0 aliphatic carbocycles. The maximum atomic E-state index is 14.2. The molecule has 0 radical (unpaired) electrons. The lowest BCUT2D eigenvalue weighted by atomic mass is 9.90. The molecular formula is C39H32N2O5S. The first kappa shape index (κ1) is 30.2. The summed E-state index contributed by atoms with van der Waals surface area (Å²) in [6, 6.07) is 33.0. The van der Waals surface area contributed by atoms with Crippen LogP contribution in [-0.2, 0) is 16.1 Å². The predicted molar refractivity (Wildman–Crippen MR) is 186 cm³/mol. The molecule has 0 saturated heterocycles. The van der Waals surface area contributed by atoms with Crippen LogP contribution < -0.4 is 24.4 Å². The summed E-state index contributed by atoms with van der Waals surface area (Å²) in [6.07, 6.45) is 1.85. The third-order valence-corrected chi connectivity index (χ3v) is 9.38. The molecule has 234 valence electrons. The van der Waals surface area contributed by atoms with Crippen LogP contribution in [0.25, 0.3) is 27.6 Å². The van der Waals surface area contributed by atoms with Gasteiger partial charge in [-0.25, -0.2) is 9.79 Å². The van der Waals surface area contributed by atoms with Crippen LogP contribution in [0.15, 0.2) is 124 Å². The van der Waals surface area contributed by atoms with E-state index in [4.69, 9.17) is 19.2 Å². The van der Waals surface area contributed by atoms with Gasteiger partial charge in [0.25, 0.3) is 5.56 Å². The van der Waals surface area contributed by atoms with Gasteiger partial charge in [0.1, 0.15) is 24.1 Å². The number of benzene rings is 5. The monoisotopic (exact) mass is 640 g/mol. The van der Waals surface area contributed by atoms with Crippen molar-refractivity contribution in [2.45, 2.75) is 26.5 Å². The molecule has 47 heavy (non-hydrogen) atoms. The molecule has 0 saturated carbocycles. The quantitative estimate of drug-likeness (QED) is 0.173. The van der Waals surface area contributed by atoms with Gasteiger partial charge in [0, 0.05) is 5.56 Å². The number of methoxy groups -OCH3 is 1. The van der Waals surface area contributed by atoms with E-state index in [0.29, 0.717) is 38.5 Å². The predicted octanol–water partition coefficient (Wildman–Crippen LogP) is 6.69. The fraction of sp³-hybridized carbons (Fsp3) is 0.154. The van der Waals surface area contributed by atoms with E-state index in [9.17, 15) is 9.59 Å². The fourth-order valence-corrected chi connectivity index (χ4v) is 7.24. The van der Waals surface area contributed by atoms with Gasteiger partial charge in [-0.15, -0.1) is 0 Å². The molecule has 7 rings (SSSR count). The topological polar surface area (TPSA) is 79.1 Å². The minimum Gasteiger partial charge on any atom is -0.496 e. The Hall–Kier alpha value is -5.47. The summed E-state index contributed by atoms with van der Waals surface area (Å²) < 4.78 is 19.6. The Morgan fingerprint density at radius 1 is 0.894 bits per heavy atom. The zero-order chi connectivity index (χ0) is 32.5. The molecular weight excluding hydrogens is 609 g/mol. The minimum absolute atomic E-state index is 0.196. The molecule has 1 aliphatic rings. The van der Waals surface area contributed by atoms with Crippen molar-refractivity contribution in [2.24, 2.45) is 4.99 Å². The number of thiazole rings is 1. The van der Waals surface area contributed by atoms with Crippen LogP contribution in [0.3, 0.4) is 0 Å². The highest BCUT2D eigenvalue weighted by atomic mass is 32.1. The molecule has 7 nitrogen and oxygen atoms in total. The number of hydrogen-bond donors (Lipinski definition) is 0. The molecule has 6 aromatic rings. The van der Waals surface area contributed by atoms with E-state index >= 15 is 0 Å². The maximum Gasteiger partial charge on any atom is 0.338 e. The van der Waals surface area contributed by atoms with Gasteiger partial charge < -0.3 is 14.2 Å². The Bertz CT molecular complexity index is 2360. The average molecular weight is 641 g/mol. The number of carbonyl (C=O) groups is 1.